The van der Waals surface area contributed by atoms with Crippen LogP contribution in [0.1, 0.15) is 23.5 Å². The molecule has 0 radical (unpaired) electrons. The van der Waals surface area contributed by atoms with Gasteiger partial charge in [-0.1, -0.05) is 6.92 Å². The molecule has 0 bridgehead atoms. The maximum absolute atomic E-state index is 12.7. The van der Waals surface area contributed by atoms with E-state index in [1.54, 1.807) is 11.3 Å². The van der Waals surface area contributed by atoms with Crippen LogP contribution in [0.2, 0.25) is 0 Å². The van der Waals surface area contributed by atoms with Gasteiger partial charge in [0.2, 0.25) is 0 Å². The van der Waals surface area contributed by atoms with Gasteiger partial charge in [-0.05, 0) is 19.1 Å². The molecule has 0 fully saturated rings. The van der Waals surface area contributed by atoms with E-state index in [2.05, 4.69) is 20.6 Å². The first-order valence-corrected chi connectivity index (χ1v) is 7.01. The SMILES string of the molecule is Cc1csc(C(C)CNC(=O)Nc2ccc(F)cn2)n1. The molecule has 106 valence electrons. The van der Waals surface area contributed by atoms with Crippen molar-refractivity contribution in [2.75, 3.05) is 11.9 Å². The van der Waals surface area contributed by atoms with Gasteiger partial charge in [0.1, 0.15) is 11.6 Å². The Morgan fingerprint density at radius 3 is 2.90 bits per heavy atom. The van der Waals surface area contributed by atoms with Crippen molar-refractivity contribution in [2.24, 2.45) is 0 Å². The van der Waals surface area contributed by atoms with E-state index in [-0.39, 0.29) is 11.9 Å². The van der Waals surface area contributed by atoms with Crippen LogP contribution in [0.25, 0.3) is 0 Å². The van der Waals surface area contributed by atoms with E-state index in [9.17, 15) is 9.18 Å². The van der Waals surface area contributed by atoms with Gasteiger partial charge in [0.15, 0.2) is 0 Å². The second kappa shape index (κ2) is 6.42. The summed E-state index contributed by atoms with van der Waals surface area (Å²) in [5.74, 6) is 0.00555. The van der Waals surface area contributed by atoms with Crippen molar-refractivity contribution in [3.05, 3.63) is 40.2 Å². The predicted octanol–water partition coefficient (Wildman–Crippen LogP) is 2.91. The maximum atomic E-state index is 12.7. The second-order valence-electron chi connectivity index (χ2n) is 4.42. The van der Waals surface area contributed by atoms with Crippen LogP contribution in [0.3, 0.4) is 0 Å². The van der Waals surface area contributed by atoms with Crippen molar-refractivity contribution in [3.63, 3.8) is 0 Å². The first-order chi connectivity index (χ1) is 9.54. The summed E-state index contributed by atoms with van der Waals surface area (Å²) in [6, 6.07) is 2.27. The Morgan fingerprint density at radius 1 is 1.50 bits per heavy atom. The fraction of sp³-hybridized carbons (Fsp3) is 0.308. The molecule has 0 aromatic carbocycles. The van der Waals surface area contributed by atoms with Gasteiger partial charge in [0.05, 0.1) is 11.2 Å². The third kappa shape index (κ3) is 3.99. The van der Waals surface area contributed by atoms with Crippen molar-refractivity contribution in [3.8, 4) is 0 Å². The number of pyridine rings is 1. The lowest BCUT2D eigenvalue weighted by Crippen LogP contribution is -2.32. The minimum absolute atomic E-state index is 0.139. The number of anilines is 1. The number of urea groups is 1. The summed E-state index contributed by atoms with van der Waals surface area (Å²) < 4.78 is 12.7. The number of aryl methyl sites for hydroxylation is 1. The number of hydrogen-bond donors (Lipinski definition) is 2. The molecular weight excluding hydrogens is 279 g/mol. The van der Waals surface area contributed by atoms with Crippen LogP contribution in [-0.2, 0) is 0 Å². The normalized spacial score (nSPS) is 11.9. The largest absolute Gasteiger partial charge is 0.337 e. The quantitative estimate of drug-likeness (QED) is 0.911. The van der Waals surface area contributed by atoms with Gasteiger partial charge >= 0.3 is 6.03 Å². The molecule has 20 heavy (non-hydrogen) atoms. The third-order valence-electron chi connectivity index (χ3n) is 2.60. The maximum Gasteiger partial charge on any atom is 0.320 e. The van der Waals surface area contributed by atoms with E-state index in [4.69, 9.17) is 0 Å². The van der Waals surface area contributed by atoms with Crippen LogP contribution < -0.4 is 10.6 Å². The van der Waals surface area contributed by atoms with E-state index in [1.807, 2.05) is 19.2 Å². The van der Waals surface area contributed by atoms with E-state index in [0.717, 1.165) is 16.9 Å². The number of hydrogen-bond acceptors (Lipinski definition) is 4. The lowest BCUT2D eigenvalue weighted by molar-refractivity contribution is 0.251. The number of carbonyl (C=O) groups is 1. The molecule has 0 saturated heterocycles. The lowest BCUT2D eigenvalue weighted by atomic mass is 10.2. The molecule has 0 aliphatic rings. The molecule has 0 aliphatic carbocycles. The van der Waals surface area contributed by atoms with Crippen LogP contribution in [0.4, 0.5) is 15.0 Å². The zero-order valence-corrected chi connectivity index (χ0v) is 12.0. The molecule has 1 atom stereocenters. The number of aromatic nitrogens is 2. The molecule has 2 amide bonds. The molecule has 2 heterocycles. The molecule has 7 heteroatoms. The number of halogens is 1. The molecule has 0 spiro atoms. The number of amides is 2. The molecular formula is C13H15FN4OS. The standard InChI is InChI=1S/C13H15FN4OS/c1-8(12-17-9(2)7-20-12)5-16-13(19)18-11-4-3-10(14)6-15-11/h3-4,6-8H,5H2,1-2H3,(H2,15,16,18,19). The highest BCUT2D eigenvalue weighted by Gasteiger charge is 2.11. The van der Waals surface area contributed by atoms with E-state index in [1.165, 1.54) is 12.1 Å². The first-order valence-electron chi connectivity index (χ1n) is 6.13. The molecule has 2 aromatic heterocycles. The monoisotopic (exact) mass is 294 g/mol. The lowest BCUT2D eigenvalue weighted by Gasteiger charge is -2.10. The summed E-state index contributed by atoms with van der Waals surface area (Å²) in [5.41, 5.74) is 0.983. The Hall–Kier alpha value is -2.02. The van der Waals surface area contributed by atoms with Gasteiger partial charge in [-0.2, -0.15) is 0 Å². The Kier molecular flexibility index (Phi) is 4.62. The second-order valence-corrected chi connectivity index (χ2v) is 5.31. The van der Waals surface area contributed by atoms with Gasteiger partial charge < -0.3 is 5.32 Å². The average Bonchev–Trinajstić information content (AvgIpc) is 2.85. The zero-order chi connectivity index (χ0) is 14.5. The van der Waals surface area contributed by atoms with Crippen LogP contribution >= 0.6 is 11.3 Å². The molecule has 2 N–H and O–H groups in total. The highest BCUT2D eigenvalue weighted by Crippen LogP contribution is 2.18. The molecule has 0 saturated carbocycles. The molecule has 1 unspecified atom stereocenters. The summed E-state index contributed by atoms with van der Waals surface area (Å²) in [6.45, 7) is 4.40. The van der Waals surface area contributed by atoms with Gasteiger partial charge in [0.25, 0.3) is 0 Å². The summed E-state index contributed by atoms with van der Waals surface area (Å²) >= 11 is 1.58. The predicted molar refractivity (Wildman–Crippen MR) is 76.5 cm³/mol. The van der Waals surface area contributed by atoms with Crippen molar-refractivity contribution in [2.45, 2.75) is 19.8 Å². The molecule has 2 rings (SSSR count). The molecule has 2 aromatic rings. The number of nitrogens with one attached hydrogen (secondary N) is 2. The number of carbonyl (C=O) groups excluding carboxylic acids is 1. The Labute approximate surface area is 120 Å². The van der Waals surface area contributed by atoms with Gasteiger partial charge in [-0.3, -0.25) is 5.32 Å². The Morgan fingerprint density at radius 2 is 2.30 bits per heavy atom. The molecule has 0 aliphatic heterocycles. The number of rotatable bonds is 4. The topological polar surface area (TPSA) is 66.9 Å². The third-order valence-corrected chi connectivity index (χ3v) is 3.79. The first kappa shape index (κ1) is 14.4. The van der Waals surface area contributed by atoms with Crippen LogP contribution in [0.5, 0.6) is 0 Å². The Balaban J connectivity index is 1.81. The minimum Gasteiger partial charge on any atom is -0.337 e. The zero-order valence-electron chi connectivity index (χ0n) is 11.2. The Bertz CT molecular complexity index is 584. The van der Waals surface area contributed by atoms with Crippen molar-refractivity contribution >= 4 is 23.2 Å². The van der Waals surface area contributed by atoms with E-state index < -0.39 is 5.82 Å². The summed E-state index contributed by atoms with van der Waals surface area (Å²) in [7, 11) is 0. The van der Waals surface area contributed by atoms with Crippen LogP contribution in [-0.4, -0.2) is 22.5 Å². The van der Waals surface area contributed by atoms with Crippen LogP contribution in [0, 0.1) is 12.7 Å². The van der Waals surface area contributed by atoms with Crippen molar-refractivity contribution in [1.82, 2.24) is 15.3 Å². The summed E-state index contributed by atoms with van der Waals surface area (Å²) in [6.07, 6.45) is 1.05. The highest BCUT2D eigenvalue weighted by atomic mass is 32.1. The minimum atomic E-state index is -0.441. The van der Waals surface area contributed by atoms with Gasteiger partial charge in [0, 0.05) is 23.5 Å². The number of thiazole rings is 1. The average molecular weight is 294 g/mol. The van der Waals surface area contributed by atoms with Crippen LogP contribution in [0.15, 0.2) is 23.7 Å². The van der Waals surface area contributed by atoms with E-state index >= 15 is 0 Å². The summed E-state index contributed by atoms with van der Waals surface area (Å²) in [4.78, 5) is 19.8. The summed E-state index contributed by atoms with van der Waals surface area (Å²) in [5, 5.41) is 8.24. The van der Waals surface area contributed by atoms with Gasteiger partial charge in [-0.15, -0.1) is 11.3 Å². The van der Waals surface area contributed by atoms with Crippen molar-refractivity contribution < 1.29 is 9.18 Å². The van der Waals surface area contributed by atoms with E-state index in [0.29, 0.717) is 12.4 Å². The highest BCUT2D eigenvalue weighted by molar-refractivity contribution is 7.09. The fourth-order valence-electron chi connectivity index (χ4n) is 1.54. The fourth-order valence-corrected chi connectivity index (χ4v) is 2.40. The van der Waals surface area contributed by atoms with Gasteiger partial charge in [-0.25, -0.2) is 19.2 Å². The van der Waals surface area contributed by atoms with Crippen molar-refractivity contribution in [1.29, 1.82) is 0 Å². The smallest absolute Gasteiger partial charge is 0.320 e. The number of nitrogens with zero attached hydrogens (tertiary/aromatic N) is 2. The molecule has 5 nitrogen and oxygen atoms in total.